The molecule has 7 heteroatoms. The van der Waals surface area contributed by atoms with E-state index in [1.54, 1.807) is 0 Å². The third kappa shape index (κ3) is 3.57. The lowest BCUT2D eigenvalue weighted by molar-refractivity contribution is -0.116. The number of hydrogen-bond acceptors (Lipinski definition) is 5. The number of aryl methyl sites for hydroxylation is 1. The van der Waals surface area contributed by atoms with Crippen LogP contribution < -0.4 is 5.32 Å². The Balaban J connectivity index is 2.18. The van der Waals surface area contributed by atoms with Crippen molar-refractivity contribution in [1.82, 2.24) is 5.32 Å². The zero-order valence-electron chi connectivity index (χ0n) is 10.2. The molecule has 1 amide bonds. The molecule has 5 nitrogen and oxygen atoms in total. The number of phenols is 1. The maximum absolute atomic E-state index is 11.0. The van der Waals surface area contributed by atoms with E-state index in [1.807, 2.05) is 19.1 Å². The number of carbonyl (C=O) groups is 1. The molecule has 19 heavy (non-hydrogen) atoms. The van der Waals surface area contributed by atoms with Crippen molar-refractivity contribution in [3.63, 3.8) is 0 Å². The molecule has 1 aromatic carbocycles. The fourth-order valence-electron chi connectivity index (χ4n) is 1.50. The highest BCUT2D eigenvalue weighted by molar-refractivity contribution is 9.10. The quantitative estimate of drug-likeness (QED) is 0.654. The molecular weight excluding hydrogens is 330 g/mol. The summed E-state index contributed by atoms with van der Waals surface area (Å²) in [5.74, 6) is 0.429. The van der Waals surface area contributed by atoms with Gasteiger partial charge in [-0.1, -0.05) is 18.7 Å². The molecule has 0 spiro atoms. The number of nitrogens with one attached hydrogen (secondary N) is 1. The summed E-state index contributed by atoms with van der Waals surface area (Å²) in [6.45, 7) is 2.03. The Morgan fingerprint density at radius 1 is 1.58 bits per heavy atom. The van der Waals surface area contributed by atoms with E-state index in [0.29, 0.717) is 21.0 Å². The smallest absolute Gasteiger partial charge is 0.236 e. The SMILES string of the molecule is CCc1cc(Br)c(O)c(C=NN=C2NC(=O)CS2)c1. The third-order valence-electron chi connectivity index (χ3n) is 2.49. The first-order chi connectivity index (χ1) is 9.10. The topological polar surface area (TPSA) is 74.1 Å². The zero-order chi connectivity index (χ0) is 13.8. The van der Waals surface area contributed by atoms with Crippen LogP contribution in [0.4, 0.5) is 0 Å². The van der Waals surface area contributed by atoms with E-state index >= 15 is 0 Å². The molecule has 2 rings (SSSR count). The molecule has 1 saturated heterocycles. The second-order valence-corrected chi connectivity index (χ2v) is 5.67. The van der Waals surface area contributed by atoms with Gasteiger partial charge in [0.15, 0.2) is 5.17 Å². The number of amidine groups is 1. The fraction of sp³-hybridized carbons (Fsp3) is 0.250. The molecule has 1 aliphatic rings. The van der Waals surface area contributed by atoms with Crippen molar-refractivity contribution in [1.29, 1.82) is 0 Å². The van der Waals surface area contributed by atoms with Crippen LogP contribution >= 0.6 is 27.7 Å². The van der Waals surface area contributed by atoms with Crippen LogP contribution in [0.15, 0.2) is 26.8 Å². The molecule has 0 radical (unpaired) electrons. The van der Waals surface area contributed by atoms with E-state index in [4.69, 9.17) is 0 Å². The lowest BCUT2D eigenvalue weighted by atomic mass is 10.1. The van der Waals surface area contributed by atoms with E-state index in [0.717, 1.165) is 12.0 Å². The molecule has 0 atom stereocenters. The first kappa shape index (κ1) is 14.1. The first-order valence-electron chi connectivity index (χ1n) is 5.65. The molecule has 0 saturated carbocycles. The van der Waals surface area contributed by atoms with Gasteiger partial charge in [-0.3, -0.25) is 4.79 Å². The minimum absolute atomic E-state index is 0.0717. The van der Waals surface area contributed by atoms with E-state index in [-0.39, 0.29) is 11.7 Å². The average molecular weight is 342 g/mol. The van der Waals surface area contributed by atoms with E-state index < -0.39 is 0 Å². The molecule has 100 valence electrons. The van der Waals surface area contributed by atoms with Crippen molar-refractivity contribution < 1.29 is 9.90 Å². The van der Waals surface area contributed by atoms with Gasteiger partial charge < -0.3 is 10.4 Å². The first-order valence-corrected chi connectivity index (χ1v) is 7.43. The lowest BCUT2D eigenvalue weighted by Crippen LogP contribution is -2.19. The Bertz CT molecular complexity index is 572. The zero-order valence-corrected chi connectivity index (χ0v) is 12.6. The summed E-state index contributed by atoms with van der Waals surface area (Å²) in [5.41, 5.74) is 1.67. The van der Waals surface area contributed by atoms with Gasteiger partial charge in [0.1, 0.15) is 5.75 Å². The maximum Gasteiger partial charge on any atom is 0.236 e. The van der Waals surface area contributed by atoms with Crippen LogP contribution in [0.3, 0.4) is 0 Å². The van der Waals surface area contributed by atoms with Crippen molar-refractivity contribution >= 4 is 45.0 Å². The van der Waals surface area contributed by atoms with Crippen LogP contribution in [-0.2, 0) is 11.2 Å². The van der Waals surface area contributed by atoms with Crippen LogP contribution in [0.1, 0.15) is 18.1 Å². The number of hydrogen-bond donors (Lipinski definition) is 2. The summed E-state index contributed by atoms with van der Waals surface area (Å²) >= 11 is 4.60. The Morgan fingerprint density at radius 2 is 2.37 bits per heavy atom. The number of nitrogens with zero attached hydrogens (tertiary/aromatic N) is 2. The molecule has 1 aromatic rings. The second-order valence-electron chi connectivity index (χ2n) is 3.86. The maximum atomic E-state index is 11.0. The van der Waals surface area contributed by atoms with E-state index in [2.05, 4.69) is 31.4 Å². The lowest BCUT2D eigenvalue weighted by Gasteiger charge is -2.04. The number of benzene rings is 1. The third-order valence-corrected chi connectivity index (χ3v) is 3.96. The van der Waals surface area contributed by atoms with Gasteiger partial charge in [0.25, 0.3) is 0 Å². The summed E-state index contributed by atoms with van der Waals surface area (Å²) in [7, 11) is 0. The summed E-state index contributed by atoms with van der Waals surface area (Å²) in [4.78, 5) is 11.0. The monoisotopic (exact) mass is 341 g/mol. The van der Waals surface area contributed by atoms with Crippen molar-refractivity contribution in [3.05, 3.63) is 27.7 Å². The Kier molecular flexibility index (Phi) is 4.60. The van der Waals surface area contributed by atoms with Gasteiger partial charge in [-0.2, -0.15) is 5.10 Å². The van der Waals surface area contributed by atoms with Gasteiger partial charge in [-0.15, -0.1) is 5.10 Å². The normalized spacial score (nSPS) is 17.4. The predicted octanol–water partition coefficient (Wildman–Crippen LogP) is 2.27. The van der Waals surface area contributed by atoms with E-state index in [9.17, 15) is 9.90 Å². The Morgan fingerprint density at radius 3 is 3.00 bits per heavy atom. The number of thioether (sulfide) groups is 1. The van der Waals surface area contributed by atoms with Crippen LogP contribution in [0.25, 0.3) is 0 Å². The number of carbonyl (C=O) groups excluding carboxylic acids is 1. The van der Waals surface area contributed by atoms with E-state index in [1.165, 1.54) is 18.0 Å². The highest BCUT2D eigenvalue weighted by atomic mass is 79.9. The van der Waals surface area contributed by atoms with Crippen LogP contribution in [0, 0.1) is 0 Å². The van der Waals surface area contributed by atoms with Gasteiger partial charge in [0.2, 0.25) is 5.91 Å². The average Bonchev–Trinajstić information content (AvgIpc) is 2.80. The summed E-state index contributed by atoms with van der Waals surface area (Å²) < 4.78 is 0.629. The molecular formula is C12H12BrN3O2S. The highest BCUT2D eigenvalue weighted by Gasteiger charge is 2.16. The largest absolute Gasteiger partial charge is 0.506 e. The molecule has 1 heterocycles. The van der Waals surface area contributed by atoms with Crippen LogP contribution in [-0.4, -0.2) is 28.1 Å². The number of rotatable bonds is 3. The van der Waals surface area contributed by atoms with Crippen molar-refractivity contribution in [3.8, 4) is 5.75 Å². The second kappa shape index (κ2) is 6.21. The van der Waals surface area contributed by atoms with Crippen molar-refractivity contribution in [2.24, 2.45) is 10.2 Å². The minimum Gasteiger partial charge on any atom is -0.506 e. The van der Waals surface area contributed by atoms with Gasteiger partial charge >= 0.3 is 0 Å². The summed E-state index contributed by atoms with van der Waals surface area (Å²) in [6.07, 6.45) is 2.33. The Labute approximate surface area is 123 Å². The van der Waals surface area contributed by atoms with Crippen LogP contribution in [0.2, 0.25) is 0 Å². The summed E-state index contributed by atoms with van der Waals surface area (Å²) in [5, 5.41) is 20.7. The van der Waals surface area contributed by atoms with Crippen LogP contribution in [0.5, 0.6) is 5.75 Å². The van der Waals surface area contributed by atoms with Gasteiger partial charge in [-0.05, 0) is 40.0 Å². The molecule has 1 aliphatic heterocycles. The molecule has 0 aliphatic carbocycles. The highest BCUT2D eigenvalue weighted by Crippen LogP contribution is 2.28. The molecule has 0 unspecified atom stereocenters. The van der Waals surface area contributed by atoms with Gasteiger partial charge in [0, 0.05) is 5.56 Å². The predicted molar refractivity (Wildman–Crippen MR) is 80.8 cm³/mol. The Hall–Kier alpha value is -1.34. The molecule has 0 aromatic heterocycles. The number of halogens is 1. The van der Waals surface area contributed by atoms with Crippen molar-refractivity contribution in [2.75, 3.05) is 5.75 Å². The van der Waals surface area contributed by atoms with Gasteiger partial charge in [0.05, 0.1) is 16.4 Å². The molecule has 2 N–H and O–H groups in total. The number of phenolic OH excluding ortho intramolecular Hbond substituents is 1. The number of amides is 1. The molecule has 1 fully saturated rings. The molecule has 0 bridgehead atoms. The summed E-state index contributed by atoms with van der Waals surface area (Å²) in [6, 6.07) is 3.72. The standard InChI is InChI=1S/C12H12BrN3O2S/c1-2-7-3-8(11(18)9(13)4-7)5-14-16-12-15-10(17)6-19-12/h3-5,18H,2,6H2,1H3,(H,15,16,17). The van der Waals surface area contributed by atoms with Gasteiger partial charge in [-0.25, -0.2) is 0 Å². The number of aromatic hydroxyl groups is 1. The van der Waals surface area contributed by atoms with Crippen molar-refractivity contribution in [2.45, 2.75) is 13.3 Å². The minimum atomic E-state index is -0.0717. The fourth-order valence-corrected chi connectivity index (χ4v) is 2.66.